The fourth-order valence-electron chi connectivity index (χ4n) is 1.78. The molecule has 1 aliphatic heterocycles. The number of rotatable bonds is 2. The minimum atomic E-state index is 0.0158. The SMILES string of the molecule is O=C(Nc1cnccc1Cl)[C@H]1CCCNC1. The van der Waals surface area contributed by atoms with Gasteiger partial charge in [0.15, 0.2) is 0 Å². The number of pyridine rings is 1. The Hall–Kier alpha value is -1.13. The highest BCUT2D eigenvalue weighted by molar-refractivity contribution is 6.33. The summed E-state index contributed by atoms with van der Waals surface area (Å²) in [7, 11) is 0. The number of nitrogens with zero attached hydrogens (tertiary/aromatic N) is 1. The van der Waals surface area contributed by atoms with E-state index in [2.05, 4.69) is 15.6 Å². The molecule has 2 rings (SSSR count). The van der Waals surface area contributed by atoms with E-state index < -0.39 is 0 Å². The average Bonchev–Trinajstić information content (AvgIpc) is 2.33. The molecule has 0 bridgehead atoms. The number of hydrogen-bond acceptors (Lipinski definition) is 3. The standard InChI is InChI=1S/C11H14ClN3O/c12-9-3-5-14-7-10(9)15-11(16)8-2-1-4-13-6-8/h3,5,7-8,13H,1-2,4,6H2,(H,15,16)/t8-/m0/s1. The van der Waals surface area contributed by atoms with Gasteiger partial charge in [0.05, 0.1) is 22.8 Å². The van der Waals surface area contributed by atoms with Crippen LogP contribution in [0.15, 0.2) is 18.5 Å². The second kappa shape index (κ2) is 5.27. The fraction of sp³-hybridized carbons (Fsp3) is 0.455. The molecule has 0 aromatic carbocycles. The van der Waals surface area contributed by atoms with Crippen molar-refractivity contribution in [3.8, 4) is 0 Å². The summed E-state index contributed by atoms with van der Waals surface area (Å²) in [5.74, 6) is 0.0483. The van der Waals surface area contributed by atoms with Gasteiger partial charge in [-0.15, -0.1) is 0 Å². The number of nitrogens with one attached hydrogen (secondary N) is 2. The van der Waals surface area contributed by atoms with Crippen molar-refractivity contribution >= 4 is 23.2 Å². The number of carbonyl (C=O) groups is 1. The van der Waals surface area contributed by atoms with E-state index >= 15 is 0 Å². The van der Waals surface area contributed by atoms with Crippen molar-refractivity contribution in [1.29, 1.82) is 0 Å². The van der Waals surface area contributed by atoms with Crippen LogP contribution in [0.5, 0.6) is 0 Å². The summed E-state index contributed by atoms with van der Waals surface area (Å²) < 4.78 is 0. The van der Waals surface area contributed by atoms with E-state index in [1.807, 2.05) is 0 Å². The Balaban J connectivity index is 1.99. The zero-order chi connectivity index (χ0) is 11.4. The van der Waals surface area contributed by atoms with E-state index in [1.165, 1.54) is 0 Å². The van der Waals surface area contributed by atoms with E-state index in [0.29, 0.717) is 10.7 Å². The summed E-state index contributed by atoms with van der Waals surface area (Å²) in [6.07, 6.45) is 5.13. The van der Waals surface area contributed by atoms with Crippen LogP contribution in [0.3, 0.4) is 0 Å². The van der Waals surface area contributed by atoms with Crippen LogP contribution in [0.4, 0.5) is 5.69 Å². The Bertz CT molecular complexity index is 377. The van der Waals surface area contributed by atoms with Crippen molar-refractivity contribution in [3.05, 3.63) is 23.5 Å². The normalized spacial score (nSPS) is 20.4. The van der Waals surface area contributed by atoms with Crippen LogP contribution in [0.2, 0.25) is 5.02 Å². The second-order valence-corrected chi connectivity index (χ2v) is 4.30. The van der Waals surface area contributed by atoms with Gasteiger partial charge in [-0.1, -0.05) is 11.6 Å². The minimum Gasteiger partial charge on any atom is -0.323 e. The molecule has 86 valence electrons. The van der Waals surface area contributed by atoms with E-state index in [9.17, 15) is 4.79 Å². The first-order valence-corrected chi connectivity index (χ1v) is 5.76. The molecule has 1 aliphatic rings. The number of aromatic nitrogens is 1. The molecule has 5 heteroatoms. The first-order chi connectivity index (χ1) is 7.77. The monoisotopic (exact) mass is 239 g/mol. The maximum atomic E-state index is 11.9. The molecule has 0 aliphatic carbocycles. The summed E-state index contributed by atoms with van der Waals surface area (Å²) in [5.41, 5.74) is 0.583. The van der Waals surface area contributed by atoms with Crippen molar-refractivity contribution in [3.63, 3.8) is 0 Å². The predicted molar refractivity (Wildman–Crippen MR) is 63.5 cm³/mol. The summed E-state index contributed by atoms with van der Waals surface area (Å²) in [4.78, 5) is 15.8. The lowest BCUT2D eigenvalue weighted by Crippen LogP contribution is -2.37. The number of carbonyl (C=O) groups excluding carboxylic acids is 1. The van der Waals surface area contributed by atoms with E-state index in [4.69, 9.17) is 11.6 Å². The predicted octanol–water partition coefficient (Wildman–Crippen LogP) is 1.67. The zero-order valence-electron chi connectivity index (χ0n) is 8.87. The quantitative estimate of drug-likeness (QED) is 0.826. The van der Waals surface area contributed by atoms with Gasteiger partial charge in [0.1, 0.15) is 0 Å². The molecule has 16 heavy (non-hydrogen) atoms. The summed E-state index contributed by atoms with van der Waals surface area (Å²) in [6, 6.07) is 1.66. The molecule has 0 radical (unpaired) electrons. The summed E-state index contributed by atoms with van der Waals surface area (Å²) in [6.45, 7) is 1.74. The molecule has 1 atom stereocenters. The number of piperidine rings is 1. The van der Waals surface area contributed by atoms with Crippen molar-refractivity contribution in [2.24, 2.45) is 5.92 Å². The number of amides is 1. The van der Waals surface area contributed by atoms with Crippen LogP contribution in [0, 0.1) is 5.92 Å². The lowest BCUT2D eigenvalue weighted by atomic mass is 9.99. The molecule has 1 amide bonds. The minimum absolute atomic E-state index is 0.0158. The molecule has 1 aromatic rings. The molecule has 0 unspecified atom stereocenters. The van der Waals surface area contributed by atoms with Gasteiger partial charge in [-0.2, -0.15) is 0 Å². The van der Waals surface area contributed by atoms with Crippen LogP contribution in [-0.2, 0) is 4.79 Å². The Labute approximate surface area is 99.4 Å². The van der Waals surface area contributed by atoms with E-state index in [-0.39, 0.29) is 11.8 Å². The van der Waals surface area contributed by atoms with Crippen LogP contribution >= 0.6 is 11.6 Å². The van der Waals surface area contributed by atoms with E-state index in [1.54, 1.807) is 18.5 Å². The van der Waals surface area contributed by atoms with Gasteiger partial charge in [0, 0.05) is 12.7 Å². The fourth-order valence-corrected chi connectivity index (χ4v) is 1.93. The van der Waals surface area contributed by atoms with Gasteiger partial charge in [-0.05, 0) is 25.5 Å². The molecule has 4 nitrogen and oxygen atoms in total. The van der Waals surface area contributed by atoms with Gasteiger partial charge in [0.2, 0.25) is 5.91 Å². The molecular weight excluding hydrogens is 226 g/mol. The Morgan fingerprint density at radius 2 is 2.50 bits per heavy atom. The highest BCUT2D eigenvalue weighted by Gasteiger charge is 2.21. The molecule has 0 spiro atoms. The molecule has 1 saturated heterocycles. The second-order valence-electron chi connectivity index (χ2n) is 3.89. The Kier molecular flexibility index (Phi) is 3.74. The van der Waals surface area contributed by atoms with Crippen LogP contribution < -0.4 is 10.6 Å². The van der Waals surface area contributed by atoms with Gasteiger partial charge in [-0.25, -0.2) is 0 Å². The summed E-state index contributed by atoms with van der Waals surface area (Å²) >= 11 is 5.94. The maximum Gasteiger partial charge on any atom is 0.228 e. The number of hydrogen-bond donors (Lipinski definition) is 2. The lowest BCUT2D eigenvalue weighted by molar-refractivity contribution is -0.120. The van der Waals surface area contributed by atoms with Gasteiger partial charge >= 0.3 is 0 Å². The van der Waals surface area contributed by atoms with Gasteiger partial charge < -0.3 is 10.6 Å². The highest BCUT2D eigenvalue weighted by Crippen LogP contribution is 2.21. The van der Waals surface area contributed by atoms with Gasteiger partial charge in [-0.3, -0.25) is 9.78 Å². The lowest BCUT2D eigenvalue weighted by Gasteiger charge is -2.21. The molecule has 1 fully saturated rings. The van der Waals surface area contributed by atoms with E-state index in [0.717, 1.165) is 25.9 Å². The number of halogens is 1. The van der Waals surface area contributed by atoms with Crippen molar-refractivity contribution in [2.45, 2.75) is 12.8 Å². The third-order valence-corrected chi connectivity index (χ3v) is 3.02. The first-order valence-electron chi connectivity index (χ1n) is 5.38. The van der Waals surface area contributed by atoms with Crippen molar-refractivity contribution in [2.75, 3.05) is 18.4 Å². The van der Waals surface area contributed by atoms with Crippen LogP contribution in [-0.4, -0.2) is 24.0 Å². The van der Waals surface area contributed by atoms with Crippen LogP contribution in [0.1, 0.15) is 12.8 Å². The third kappa shape index (κ3) is 2.71. The topological polar surface area (TPSA) is 54.0 Å². The number of anilines is 1. The molecular formula is C11H14ClN3O. The third-order valence-electron chi connectivity index (χ3n) is 2.69. The zero-order valence-corrected chi connectivity index (χ0v) is 9.63. The van der Waals surface area contributed by atoms with Crippen molar-refractivity contribution < 1.29 is 4.79 Å². The summed E-state index contributed by atoms with van der Waals surface area (Å²) in [5, 5.41) is 6.53. The molecule has 2 heterocycles. The van der Waals surface area contributed by atoms with Crippen molar-refractivity contribution in [1.82, 2.24) is 10.3 Å². The average molecular weight is 240 g/mol. The highest BCUT2D eigenvalue weighted by atomic mass is 35.5. The Morgan fingerprint density at radius 1 is 1.62 bits per heavy atom. The molecule has 2 N–H and O–H groups in total. The van der Waals surface area contributed by atoms with Gasteiger partial charge in [0.25, 0.3) is 0 Å². The molecule has 0 saturated carbocycles. The maximum absolute atomic E-state index is 11.9. The Morgan fingerprint density at radius 3 is 3.19 bits per heavy atom. The smallest absolute Gasteiger partial charge is 0.228 e. The first kappa shape index (κ1) is 11.4. The molecule has 1 aromatic heterocycles. The van der Waals surface area contributed by atoms with Crippen LogP contribution in [0.25, 0.3) is 0 Å². The largest absolute Gasteiger partial charge is 0.323 e.